The summed E-state index contributed by atoms with van der Waals surface area (Å²) in [6, 6.07) is 10.7. The first-order chi connectivity index (χ1) is 8.40. The quantitative estimate of drug-likeness (QED) is 0.745. The first kappa shape index (κ1) is 12.6. The predicted octanol–water partition coefficient (Wildman–Crippen LogP) is 2.81. The third kappa shape index (κ3) is 4.49. The lowest BCUT2D eigenvalue weighted by molar-refractivity contribution is 0.110. The minimum Gasteiger partial charge on any atom is -0.380 e. The summed E-state index contributed by atoms with van der Waals surface area (Å²) in [5.41, 5.74) is 1.38. The number of hydrogen-bond donors (Lipinski definition) is 1. The van der Waals surface area contributed by atoms with E-state index >= 15 is 0 Å². The fourth-order valence-corrected chi connectivity index (χ4v) is 1.98. The fourth-order valence-electron chi connectivity index (χ4n) is 1.98. The summed E-state index contributed by atoms with van der Waals surface area (Å²) in [5, 5.41) is 3.42. The van der Waals surface area contributed by atoms with Crippen LogP contribution in [0.5, 0.6) is 0 Å². The Balaban J connectivity index is 1.82. The zero-order valence-corrected chi connectivity index (χ0v) is 10.7. The highest BCUT2D eigenvalue weighted by molar-refractivity contribution is 5.19. The lowest BCUT2D eigenvalue weighted by Gasteiger charge is -2.18. The van der Waals surface area contributed by atoms with E-state index in [-0.39, 0.29) is 0 Å². The number of likely N-dealkylation sites (N-methyl/N-ethyl adjacent to an activating group) is 1. The van der Waals surface area contributed by atoms with Crippen LogP contribution in [0, 0.1) is 5.92 Å². The summed E-state index contributed by atoms with van der Waals surface area (Å²) >= 11 is 0. The Kier molecular flexibility index (Phi) is 5.02. The molecule has 1 unspecified atom stereocenters. The van der Waals surface area contributed by atoms with E-state index in [0.29, 0.717) is 5.92 Å². The molecule has 1 aliphatic rings. The van der Waals surface area contributed by atoms with Crippen LogP contribution in [0.3, 0.4) is 0 Å². The fraction of sp³-hybridized carbons (Fsp3) is 0.600. The second kappa shape index (κ2) is 6.77. The van der Waals surface area contributed by atoms with Crippen molar-refractivity contribution in [3.05, 3.63) is 35.9 Å². The SMILES string of the molecule is CCNCC(COCC1CC1)c1ccccc1. The highest BCUT2D eigenvalue weighted by Gasteiger charge is 2.22. The zero-order chi connectivity index (χ0) is 11.9. The lowest BCUT2D eigenvalue weighted by Crippen LogP contribution is -2.24. The molecule has 2 rings (SSSR count). The molecule has 94 valence electrons. The van der Waals surface area contributed by atoms with Crippen LogP contribution in [0.25, 0.3) is 0 Å². The molecular formula is C15H23NO. The molecule has 17 heavy (non-hydrogen) atoms. The van der Waals surface area contributed by atoms with Gasteiger partial charge in [-0.05, 0) is 30.9 Å². The molecule has 1 aliphatic carbocycles. The van der Waals surface area contributed by atoms with Gasteiger partial charge in [0.1, 0.15) is 0 Å². The van der Waals surface area contributed by atoms with Crippen molar-refractivity contribution < 1.29 is 4.74 Å². The van der Waals surface area contributed by atoms with E-state index in [1.54, 1.807) is 0 Å². The van der Waals surface area contributed by atoms with Gasteiger partial charge in [0.15, 0.2) is 0 Å². The van der Waals surface area contributed by atoms with Crippen LogP contribution >= 0.6 is 0 Å². The van der Waals surface area contributed by atoms with Gasteiger partial charge < -0.3 is 10.1 Å². The molecule has 0 saturated heterocycles. The summed E-state index contributed by atoms with van der Waals surface area (Å²) < 4.78 is 5.83. The van der Waals surface area contributed by atoms with E-state index in [2.05, 4.69) is 42.6 Å². The Hall–Kier alpha value is -0.860. The van der Waals surface area contributed by atoms with Crippen LogP contribution in [0.4, 0.5) is 0 Å². The smallest absolute Gasteiger partial charge is 0.0547 e. The summed E-state index contributed by atoms with van der Waals surface area (Å²) in [5.74, 6) is 1.33. The molecule has 2 heteroatoms. The lowest BCUT2D eigenvalue weighted by atomic mass is 10.00. The highest BCUT2D eigenvalue weighted by atomic mass is 16.5. The minimum absolute atomic E-state index is 0.481. The molecule has 0 amide bonds. The van der Waals surface area contributed by atoms with Gasteiger partial charge in [-0.25, -0.2) is 0 Å². The molecule has 1 N–H and O–H groups in total. The summed E-state index contributed by atoms with van der Waals surface area (Å²) in [7, 11) is 0. The summed E-state index contributed by atoms with van der Waals surface area (Å²) in [6.45, 7) is 5.97. The molecule has 1 fully saturated rings. The van der Waals surface area contributed by atoms with E-state index in [1.807, 2.05) is 0 Å². The van der Waals surface area contributed by atoms with E-state index in [9.17, 15) is 0 Å². The standard InChI is InChI=1S/C15H23NO/c1-2-16-10-15(12-17-11-13-8-9-13)14-6-4-3-5-7-14/h3-7,13,15-16H,2,8-12H2,1H3. The Morgan fingerprint density at radius 3 is 2.71 bits per heavy atom. The van der Waals surface area contributed by atoms with Gasteiger partial charge in [0.25, 0.3) is 0 Å². The van der Waals surface area contributed by atoms with Crippen molar-refractivity contribution in [3.8, 4) is 0 Å². The first-order valence-corrected chi connectivity index (χ1v) is 6.73. The van der Waals surface area contributed by atoms with Gasteiger partial charge in [0.05, 0.1) is 6.61 Å². The molecular weight excluding hydrogens is 210 g/mol. The molecule has 0 radical (unpaired) electrons. The maximum absolute atomic E-state index is 5.83. The Morgan fingerprint density at radius 2 is 2.06 bits per heavy atom. The molecule has 1 aromatic carbocycles. The number of ether oxygens (including phenoxy) is 1. The molecule has 1 saturated carbocycles. The van der Waals surface area contributed by atoms with Gasteiger partial charge in [0.2, 0.25) is 0 Å². The van der Waals surface area contributed by atoms with Gasteiger partial charge in [-0.15, -0.1) is 0 Å². The largest absolute Gasteiger partial charge is 0.380 e. The second-order valence-corrected chi connectivity index (χ2v) is 4.90. The van der Waals surface area contributed by atoms with E-state index < -0.39 is 0 Å². The van der Waals surface area contributed by atoms with Gasteiger partial charge in [-0.1, -0.05) is 37.3 Å². The molecule has 0 aliphatic heterocycles. The third-order valence-corrected chi connectivity index (χ3v) is 3.28. The van der Waals surface area contributed by atoms with Crippen molar-refractivity contribution in [1.29, 1.82) is 0 Å². The number of benzene rings is 1. The molecule has 2 nitrogen and oxygen atoms in total. The molecule has 0 spiro atoms. The maximum Gasteiger partial charge on any atom is 0.0547 e. The van der Waals surface area contributed by atoms with Crippen LogP contribution in [-0.4, -0.2) is 26.3 Å². The van der Waals surface area contributed by atoms with Gasteiger partial charge in [-0.3, -0.25) is 0 Å². The van der Waals surface area contributed by atoms with Crippen molar-refractivity contribution in [2.45, 2.75) is 25.7 Å². The highest BCUT2D eigenvalue weighted by Crippen LogP contribution is 2.29. The van der Waals surface area contributed by atoms with Crippen LogP contribution in [0.1, 0.15) is 31.2 Å². The van der Waals surface area contributed by atoms with Crippen molar-refractivity contribution in [2.75, 3.05) is 26.3 Å². The van der Waals surface area contributed by atoms with Crippen molar-refractivity contribution in [3.63, 3.8) is 0 Å². The third-order valence-electron chi connectivity index (χ3n) is 3.28. The normalized spacial score (nSPS) is 17.0. The Labute approximate surface area is 104 Å². The summed E-state index contributed by atoms with van der Waals surface area (Å²) in [4.78, 5) is 0. The maximum atomic E-state index is 5.83. The number of rotatable bonds is 8. The average Bonchev–Trinajstić information content (AvgIpc) is 3.19. The van der Waals surface area contributed by atoms with Crippen LogP contribution in [0.15, 0.2) is 30.3 Å². The molecule has 1 atom stereocenters. The number of hydrogen-bond acceptors (Lipinski definition) is 2. The molecule has 0 bridgehead atoms. The average molecular weight is 233 g/mol. The number of nitrogens with one attached hydrogen (secondary N) is 1. The molecule has 0 aromatic heterocycles. The van der Waals surface area contributed by atoms with Gasteiger partial charge in [-0.2, -0.15) is 0 Å². The van der Waals surface area contributed by atoms with Crippen LogP contribution in [0.2, 0.25) is 0 Å². The predicted molar refractivity (Wildman–Crippen MR) is 71.3 cm³/mol. The first-order valence-electron chi connectivity index (χ1n) is 6.73. The van der Waals surface area contributed by atoms with E-state index in [1.165, 1.54) is 18.4 Å². The minimum atomic E-state index is 0.481. The zero-order valence-electron chi connectivity index (χ0n) is 10.7. The Morgan fingerprint density at radius 1 is 1.29 bits per heavy atom. The van der Waals surface area contributed by atoms with Gasteiger partial charge in [0, 0.05) is 19.1 Å². The van der Waals surface area contributed by atoms with E-state index in [0.717, 1.165) is 32.2 Å². The van der Waals surface area contributed by atoms with E-state index in [4.69, 9.17) is 4.74 Å². The molecule has 1 aromatic rings. The van der Waals surface area contributed by atoms with Crippen LogP contribution in [-0.2, 0) is 4.74 Å². The molecule has 0 heterocycles. The monoisotopic (exact) mass is 233 g/mol. The van der Waals surface area contributed by atoms with Crippen molar-refractivity contribution in [1.82, 2.24) is 5.32 Å². The topological polar surface area (TPSA) is 21.3 Å². The second-order valence-electron chi connectivity index (χ2n) is 4.90. The summed E-state index contributed by atoms with van der Waals surface area (Å²) in [6.07, 6.45) is 2.73. The van der Waals surface area contributed by atoms with Crippen LogP contribution < -0.4 is 5.32 Å². The van der Waals surface area contributed by atoms with Crippen molar-refractivity contribution >= 4 is 0 Å². The van der Waals surface area contributed by atoms with Crippen molar-refractivity contribution in [2.24, 2.45) is 5.92 Å². The van der Waals surface area contributed by atoms with Gasteiger partial charge >= 0.3 is 0 Å². The Bertz CT molecular complexity index is 308.